The Bertz CT molecular complexity index is 1860. The lowest BCUT2D eigenvalue weighted by molar-refractivity contribution is 0.103. The number of nitrogens with one attached hydrogen (secondary N) is 2. The number of rotatable bonds is 6. The second-order valence-electron chi connectivity index (χ2n) is 8.39. The van der Waals surface area contributed by atoms with Gasteiger partial charge in [0.2, 0.25) is 5.78 Å². The number of carbonyl (C=O) groups is 1. The van der Waals surface area contributed by atoms with Gasteiger partial charge >= 0.3 is 0 Å². The van der Waals surface area contributed by atoms with Gasteiger partial charge in [0.25, 0.3) is 0 Å². The molecule has 0 fully saturated rings. The monoisotopic (exact) mass is 527 g/mol. The fourth-order valence-electron chi connectivity index (χ4n) is 4.13. The van der Waals surface area contributed by atoms with Crippen molar-refractivity contribution < 1.29 is 18.0 Å². The molecule has 0 bridgehead atoms. The molecule has 0 aliphatic rings. The first-order chi connectivity index (χ1) is 18.5. The second-order valence-corrected chi connectivity index (χ2v) is 9.27. The van der Waals surface area contributed by atoms with Crippen molar-refractivity contribution in [1.82, 2.24) is 19.9 Å². The molecule has 0 aliphatic carbocycles. The van der Waals surface area contributed by atoms with Gasteiger partial charge in [0.05, 0.1) is 16.8 Å². The van der Waals surface area contributed by atoms with Crippen LogP contribution in [-0.2, 0) is 0 Å². The van der Waals surface area contributed by atoms with E-state index in [2.05, 4.69) is 24.7 Å². The van der Waals surface area contributed by atoms with Crippen LogP contribution in [0.25, 0.3) is 33.1 Å². The molecule has 0 radical (unpaired) electrons. The standard InChI is InChI=1S/C28H16F3N5OS/c29-18-2-1-3-19(10-18)38-36-24-7-5-22(30)25(26(24)31)27(37)21-13-34-28-20(21)9-16(12-33-28)15-4-6-23-17(8-15)11-32-14-35-23/h1-14,36H,(H,33,34). The van der Waals surface area contributed by atoms with E-state index in [4.69, 9.17) is 0 Å². The molecule has 2 N–H and O–H groups in total. The van der Waals surface area contributed by atoms with Gasteiger partial charge in [-0.15, -0.1) is 0 Å². The molecule has 3 heterocycles. The fourth-order valence-corrected chi connectivity index (χ4v) is 4.84. The smallest absolute Gasteiger partial charge is 0.201 e. The Morgan fingerprint density at radius 2 is 1.82 bits per heavy atom. The first-order valence-corrected chi connectivity index (χ1v) is 12.2. The summed E-state index contributed by atoms with van der Waals surface area (Å²) in [6.45, 7) is 0. The number of ketones is 1. The minimum Gasteiger partial charge on any atom is -0.345 e. The number of pyridine rings is 1. The lowest BCUT2D eigenvalue weighted by atomic mass is 9.99. The van der Waals surface area contributed by atoms with Crippen LogP contribution in [0.4, 0.5) is 18.9 Å². The lowest BCUT2D eigenvalue weighted by Crippen LogP contribution is -2.09. The number of hydrogen-bond acceptors (Lipinski definition) is 6. The van der Waals surface area contributed by atoms with Gasteiger partial charge in [-0.3, -0.25) is 4.79 Å². The Morgan fingerprint density at radius 3 is 2.68 bits per heavy atom. The molecule has 0 saturated carbocycles. The predicted octanol–water partition coefficient (Wildman–Crippen LogP) is 6.94. The largest absolute Gasteiger partial charge is 0.345 e. The molecule has 6 rings (SSSR count). The van der Waals surface area contributed by atoms with Crippen molar-refractivity contribution in [3.63, 3.8) is 0 Å². The second kappa shape index (κ2) is 9.64. The van der Waals surface area contributed by atoms with E-state index in [1.54, 1.807) is 24.5 Å². The fraction of sp³-hybridized carbons (Fsp3) is 0. The topological polar surface area (TPSA) is 83.6 Å². The van der Waals surface area contributed by atoms with Crippen LogP contribution in [0.15, 0.2) is 90.5 Å². The highest BCUT2D eigenvalue weighted by Crippen LogP contribution is 2.31. The molecule has 186 valence electrons. The number of H-pyrrole nitrogens is 1. The number of nitrogens with zero attached hydrogens (tertiary/aromatic N) is 3. The molecule has 3 aromatic carbocycles. The van der Waals surface area contributed by atoms with Crippen molar-refractivity contribution >= 4 is 45.4 Å². The number of fused-ring (bicyclic) bond motifs is 2. The zero-order chi connectivity index (χ0) is 26.2. The third-order valence-electron chi connectivity index (χ3n) is 6.01. The molecule has 3 aromatic heterocycles. The summed E-state index contributed by atoms with van der Waals surface area (Å²) in [5.41, 5.74) is 1.97. The third kappa shape index (κ3) is 4.35. The average molecular weight is 528 g/mol. The zero-order valence-corrected chi connectivity index (χ0v) is 20.2. The summed E-state index contributed by atoms with van der Waals surface area (Å²) in [5.74, 6) is -3.33. The number of aromatic nitrogens is 4. The SMILES string of the molecule is O=C(c1c(F)ccc(NSc2cccc(F)c2)c1F)c1c[nH]c2ncc(-c3ccc4ncncc4c3)cc12. The summed E-state index contributed by atoms with van der Waals surface area (Å²) in [4.78, 5) is 29.5. The molecule has 38 heavy (non-hydrogen) atoms. The van der Waals surface area contributed by atoms with Crippen molar-refractivity contribution in [1.29, 1.82) is 0 Å². The summed E-state index contributed by atoms with van der Waals surface area (Å²) < 4.78 is 46.4. The summed E-state index contributed by atoms with van der Waals surface area (Å²) in [6, 6.07) is 15.3. The Kier molecular flexibility index (Phi) is 6.01. The molecular weight excluding hydrogens is 511 g/mol. The van der Waals surface area contributed by atoms with E-state index in [1.165, 1.54) is 36.8 Å². The predicted molar refractivity (Wildman–Crippen MR) is 140 cm³/mol. The van der Waals surface area contributed by atoms with Crippen LogP contribution in [0.1, 0.15) is 15.9 Å². The van der Waals surface area contributed by atoms with Crippen molar-refractivity contribution in [2.45, 2.75) is 4.90 Å². The van der Waals surface area contributed by atoms with Gasteiger partial charge in [-0.2, -0.15) is 0 Å². The van der Waals surface area contributed by atoms with Crippen LogP contribution in [0.2, 0.25) is 0 Å². The van der Waals surface area contributed by atoms with E-state index in [1.807, 2.05) is 18.2 Å². The van der Waals surface area contributed by atoms with Gasteiger partial charge in [-0.05, 0) is 66.0 Å². The summed E-state index contributed by atoms with van der Waals surface area (Å²) in [7, 11) is 0. The number of benzene rings is 3. The first-order valence-electron chi connectivity index (χ1n) is 11.4. The lowest BCUT2D eigenvalue weighted by Gasteiger charge is -2.11. The minimum atomic E-state index is -1.05. The van der Waals surface area contributed by atoms with Crippen molar-refractivity contribution in [3.8, 4) is 11.1 Å². The van der Waals surface area contributed by atoms with E-state index >= 15 is 4.39 Å². The van der Waals surface area contributed by atoms with Crippen LogP contribution in [-0.4, -0.2) is 25.7 Å². The molecule has 6 nitrogen and oxygen atoms in total. The normalized spacial score (nSPS) is 11.2. The zero-order valence-electron chi connectivity index (χ0n) is 19.4. The number of anilines is 1. The molecule has 0 amide bonds. The van der Waals surface area contributed by atoms with Gasteiger partial charge < -0.3 is 9.71 Å². The van der Waals surface area contributed by atoms with Crippen molar-refractivity contribution in [2.24, 2.45) is 0 Å². The van der Waals surface area contributed by atoms with Gasteiger partial charge in [0, 0.05) is 45.4 Å². The van der Waals surface area contributed by atoms with Crippen LogP contribution in [0.3, 0.4) is 0 Å². The molecular formula is C28H16F3N5OS. The summed E-state index contributed by atoms with van der Waals surface area (Å²) >= 11 is 0.940. The van der Waals surface area contributed by atoms with Crippen molar-refractivity contribution in [2.75, 3.05) is 4.72 Å². The van der Waals surface area contributed by atoms with Gasteiger partial charge in [0.1, 0.15) is 23.6 Å². The van der Waals surface area contributed by atoms with Gasteiger partial charge in [-0.25, -0.2) is 28.1 Å². The van der Waals surface area contributed by atoms with E-state index < -0.39 is 28.8 Å². The molecule has 0 atom stereocenters. The number of hydrogen-bond donors (Lipinski definition) is 2. The highest BCUT2D eigenvalue weighted by molar-refractivity contribution is 8.00. The van der Waals surface area contributed by atoms with Crippen LogP contribution >= 0.6 is 11.9 Å². The molecule has 0 saturated heterocycles. The summed E-state index contributed by atoms with van der Waals surface area (Å²) in [5, 5.41) is 1.25. The molecule has 0 spiro atoms. The van der Waals surface area contributed by atoms with Gasteiger partial charge in [0.15, 0.2) is 5.82 Å². The average Bonchev–Trinajstić information content (AvgIpc) is 3.36. The van der Waals surface area contributed by atoms with E-state index in [-0.39, 0.29) is 11.3 Å². The maximum atomic E-state index is 15.4. The van der Waals surface area contributed by atoms with Crippen LogP contribution in [0.5, 0.6) is 0 Å². The van der Waals surface area contributed by atoms with Gasteiger partial charge in [-0.1, -0.05) is 12.1 Å². The Balaban J connectivity index is 1.35. The number of carbonyl (C=O) groups excluding carboxylic acids is 1. The highest BCUT2D eigenvalue weighted by atomic mass is 32.2. The van der Waals surface area contributed by atoms with Crippen LogP contribution in [0, 0.1) is 17.5 Å². The summed E-state index contributed by atoms with van der Waals surface area (Å²) in [6.07, 6.45) is 6.20. The molecule has 6 aromatic rings. The maximum Gasteiger partial charge on any atom is 0.201 e. The highest BCUT2D eigenvalue weighted by Gasteiger charge is 2.25. The Morgan fingerprint density at radius 1 is 0.921 bits per heavy atom. The van der Waals surface area contributed by atoms with E-state index in [9.17, 15) is 13.6 Å². The number of halogens is 3. The maximum absolute atomic E-state index is 15.4. The minimum absolute atomic E-state index is 0.0752. The van der Waals surface area contributed by atoms with E-state index in [0.29, 0.717) is 21.5 Å². The Hall–Kier alpha value is -4.70. The Labute approximate surface area is 218 Å². The van der Waals surface area contributed by atoms with E-state index in [0.717, 1.165) is 34.5 Å². The van der Waals surface area contributed by atoms with Crippen LogP contribution < -0.4 is 4.72 Å². The molecule has 0 unspecified atom stereocenters. The molecule has 10 heteroatoms. The first kappa shape index (κ1) is 23.7. The quantitative estimate of drug-likeness (QED) is 0.180. The third-order valence-corrected chi connectivity index (χ3v) is 6.82. The molecule has 0 aliphatic heterocycles. The van der Waals surface area contributed by atoms with Crippen molar-refractivity contribution in [3.05, 3.63) is 114 Å². The number of aromatic amines is 1.